The average Bonchev–Trinajstić information content (AvgIpc) is 2.24. The molecule has 1 aromatic rings. The quantitative estimate of drug-likeness (QED) is 0.863. The summed E-state index contributed by atoms with van der Waals surface area (Å²) in [7, 11) is 0. The topological polar surface area (TPSA) is 51.4 Å². The molecule has 0 aliphatic carbocycles. The summed E-state index contributed by atoms with van der Waals surface area (Å²) in [5, 5.41) is 0. The van der Waals surface area contributed by atoms with Crippen molar-refractivity contribution in [2.45, 2.75) is 38.7 Å². The molecule has 0 bridgehead atoms. The van der Waals surface area contributed by atoms with Crippen LogP contribution in [0.5, 0.6) is 0 Å². The number of hydrogen-bond donors (Lipinski definition) is 1. The second kappa shape index (κ2) is 4.80. The van der Waals surface area contributed by atoms with Gasteiger partial charge in [0.05, 0.1) is 17.3 Å². The van der Waals surface area contributed by atoms with Crippen LogP contribution >= 0.6 is 0 Å². The molecular weight excluding hydrogens is 271 g/mol. The molecule has 0 radical (unpaired) electrons. The highest BCUT2D eigenvalue weighted by Gasteiger charge is 2.35. The second-order valence-electron chi connectivity index (χ2n) is 5.71. The molecule has 2 rings (SSSR count). The zero-order valence-corrected chi connectivity index (χ0v) is 11.7. The molecule has 1 aliphatic rings. The van der Waals surface area contributed by atoms with Gasteiger partial charge in [-0.05, 0) is 32.9 Å². The molecule has 1 aliphatic heterocycles. The van der Waals surface area contributed by atoms with E-state index in [-0.39, 0.29) is 17.7 Å². The number of hydrogen-bond acceptors (Lipinski definition) is 4. The fourth-order valence-corrected chi connectivity index (χ4v) is 2.49. The molecular formula is C13H18F3N3O. The normalized spacial score (nSPS) is 22.9. The van der Waals surface area contributed by atoms with Crippen molar-refractivity contribution in [1.29, 1.82) is 0 Å². The number of morpholine rings is 1. The first-order valence-corrected chi connectivity index (χ1v) is 6.34. The molecule has 1 fully saturated rings. The maximum atomic E-state index is 12.8. The fourth-order valence-electron chi connectivity index (χ4n) is 2.49. The van der Waals surface area contributed by atoms with Crippen molar-refractivity contribution in [3.8, 4) is 0 Å². The van der Waals surface area contributed by atoms with Crippen molar-refractivity contribution in [2.24, 2.45) is 0 Å². The largest absolute Gasteiger partial charge is 0.416 e. The lowest BCUT2D eigenvalue weighted by Crippen LogP contribution is -2.52. The van der Waals surface area contributed by atoms with Gasteiger partial charge in [-0.25, -0.2) is 4.98 Å². The molecule has 0 aromatic carbocycles. The Balaban J connectivity index is 2.35. The van der Waals surface area contributed by atoms with E-state index in [1.54, 1.807) is 4.90 Å². The van der Waals surface area contributed by atoms with E-state index in [0.717, 1.165) is 12.1 Å². The molecule has 4 nitrogen and oxygen atoms in total. The van der Waals surface area contributed by atoms with E-state index in [1.165, 1.54) is 0 Å². The maximum Gasteiger partial charge on any atom is 0.416 e. The summed E-state index contributed by atoms with van der Waals surface area (Å²) in [5.41, 5.74) is 4.27. The lowest BCUT2D eigenvalue weighted by Gasteiger charge is -2.42. The number of aromatic nitrogens is 1. The lowest BCUT2D eigenvalue weighted by molar-refractivity contribution is -0.137. The van der Waals surface area contributed by atoms with Gasteiger partial charge in [0.2, 0.25) is 0 Å². The Morgan fingerprint density at radius 1 is 1.40 bits per heavy atom. The maximum absolute atomic E-state index is 12.8. The lowest BCUT2D eigenvalue weighted by atomic mass is 10.1. The van der Waals surface area contributed by atoms with Crippen molar-refractivity contribution in [2.75, 3.05) is 23.7 Å². The molecule has 2 heterocycles. The Morgan fingerprint density at radius 3 is 2.60 bits per heavy atom. The van der Waals surface area contributed by atoms with Crippen LogP contribution < -0.4 is 10.6 Å². The van der Waals surface area contributed by atoms with Crippen LogP contribution in [-0.2, 0) is 10.9 Å². The van der Waals surface area contributed by atoms with Gasteiger partial charge in [-0.1, -0.05) is 0 Å². The van der Waals surface area contributed by atoms with Gasteiger partial charge in [0.15, 0.2) is 0 Å². The van der Waals surface area contributed by atoms with Crippen molar-refractivity contribution < 1.29 is 17.9 Å². The summed E-state index contributed by atoms with van der Waals surface area (Å²) in [4.78, 5) is 5.80. The highest BCUT2D eigenvalue weighted by Crippen LogP contribution is 2.33. The predicted molar refractivity (Wildman–Crippen MR) is 70.5 cm³/mol. The molecule has 1 saturated heterocycles. The minimum absolute atomic E-state index is 0.0867. The van der Waals surface area contributed by atoms with E-state index >= 15 is 0 Å². The highest BCUT2D eigenvalue weighted by atomic mass is 19.4. The van der Waals surface area contributed by atoms with Gasteiger partial charge in [-0.3, -0.25) is 0 Å². The van der Waals surface area contributed by atoms with Crippen LogP contribution in [-0.4, -0.2) is 29.8 Å². The van der Waals surface area contributed by atoms with E-state index in [4.69, 9.17) is 10.5 Å². The van der Waals surface area contributed by atoms with E-state index in [2.05, 4.69) is 4.98 Å². The van der Waals surface area contributed by atoms with Crippen molar-refractivity contribution in [1.82, 2.24) is 4.98 Å². The summed E-state index contributed by atoms with van der Waals surface area (Å²) in [6, 6.07) is 1.88. The van der Waals surface area contributed by atoms with E-state index in [1.807, 2.05) is 20.8 Å². The summed E-state index contributed by atoms with van der Waals surface area (Å²) in [6.45, 7) is 6.62. The summed E-state index contributed by atoms with van der Waals surface area (Å²) in [5.74, 6) is 0.104. The van der Waals surface area contributed by atoms with Crippen LogP contribution in [0.3, 0.4) is 0 Å². The standard InChI is InChI=1S/C13H18F3N3O/c1-8-6-19(7-12(2,3)20-8)11-5-9(13(14,15)16)4-10(17)18-11/h4-5,8H,6-7H2,1-3H3,(H2,17,18). The van der Waals surface area contributed by atoms with Gasteiger partial charge in [0.1, 0.15) is 11.6 Å². The fraction of sp³-hybridized carbons (Fsp3) is 0.615. The predicted octanol–water partition coefficient (Wildman–Crippen LogP) is 2.69. The number of anilines is 2. The Morgan fingerprint density at radius 2 is 2.05 bits per heavy atom. The molecule has 112 valence electrons. The average molecular weight is 289 g/mol. The molecule has 0 saturated carbocycles. The monoisotopic (exact) mass is 289 g/mol. The number of alkyl halides is 3. The molecule has 7 heteroatoms. The van der Waals surface area contributed by atoms with Gasteiger partial charge in [0.25, 0.3) is 0 Å². The van der Waals surface area contributed by atoms with Crippen LogP contribution in [0.4, 0.5) is 24.8 Å². The zero-order chi connectivity index (χ0) is 15.1. The van der Waals surface area contributed by atoms with Crippen LogP contribution in [0.25, 0.3) is 0 Å². The zero-order valence-electron chi connectivity index (χ0n) is 11.7. The van der Waals surface area contributed by atoms with Gasteiger partial charge in [-0.2, -0.15) is 13.2 Å². The van der Waals surface area contributed by atoms with Crippen molar-refractivity contribution in [3.63, 3.8) is 0 Å². The third-order valence-electron chi connectivity index (χ3n) is 3.05. The minimum Gasteiger partial charge on any atom is -0.384 e. The third kappa shape index (κ3) is 3.33. The molecule has 1 unspecified atom stereocenters. The Hall–Kier alpha value is -1.50. The Bertz CT molecular complexity index is 502. The number of halogens is 3. The molecule has 0 amide bonds. The van der Waals surface area contributed by atoms with Crippen molar-refractivity contribution in [3.05, 3.63) is 17.7 Å². The first-order chi connectivity index (χ1) is 9.07. The number of ether oxygens (including phenoxy) is 1. The number of nitrogen functional groups attached to an aromatic ring is 1. The number of rotatable bonds is 1. The number of pyridine rings is 1. The number of nitrogens with zero attached hydrogens (tertiary/aromatic N) is 2. The van der Waals surface area contributed by atoms with E-state index in [9.17, 15) is 13.2 Å². The highest BCUT2D eigenvalue weighted by molar-refractivity contribution is 5.50. The Labute approximate surface area is 115 Å². The molecule has 1 aromatic heterocycles. The molecule has 1 atom stereocenters. The number of nitrogens with two attached hydrogens (primary N) is 1. The van der Waals surface area contributed by atoms with Crippen LogP contribution in [0.2, 0.25) is 0 Å². The molecule has 2 N–H and O–H groups in total. The smallest absolute Gasteiger partial charge is 0.384 e. The van der Waals surface area contributed by atoms with Gasteiger partial charge < -0.3 is 15.4 Å². The van der Waals surface area contributed by atoms with Crippen LogP contribution in [0, 0.1) is 0 Å². The van der Waals surface area contributed by atoms with Crippen molar-refractivity contribution >= 4 is 11.6 Å². The van der Waals surface area contributed by atoms with E-state index in [0.29, 0.717) is 13.1 Å². The SMILES string of the molecule is CC1CN(c2cc(C(F)(F)F)cc(N)n2)CC(C)(C)O1. The summed E-state index contributed by atoms with van der Waals surface area (Å²) < 4.78 is 44.2. The molecule has 0 spiro atoms. The minimum atomic E-state index is -4.43. The first-order valence-electron chi connectivity index (χ1n) is 6.34. The van der Waals surface area contributed by atoms with Gasteiger partial charge in [-0.15, -0.1) is 0 Å². The van der Waals surface area contributed by atoms with Crippen LogP contribution in [0.1, 0.15) is 26.3 Å². The first kappa shape index (κ1) is 14.9. The van der Waals surface area contributed by atoms with Crippen LogP contribution in [0.15, 0.2) is 12.1 Å². The summed E-state index contributed by atoms with van der Waals surface area (Å²) >= 11 is 0. The summed E-state index contributed by atoms with van der Waals surface area (Å²) in [6.07, 6.45) is -4.52. The third-order valence-corrected chi connectivity index (χ3v) is 3.05. The van der Waals surface area contributed by atoms with E-state index < -0.39 is 17.3 Å². The van der Waals surface area contributed by atoms with Gasteiger partial charge >= 0.3 is 6.18 Å². The second-order valence-corrected chi connectivity index (χ2v) is 5.71. The molecule has 20 heavy (non-hydrogen) atoms. The Kier molecular flexibility index (Phi) is 3.58. The van der Waals surface area contributed by atoms with Gasteiger partial charge in [0, 0.05) is 13.1 Å².